The van der Waals surface area contributed by atoms with Crippen molar-refractivity contribution < 1.29 is 9.53 Å². The molecule has 1 aliphatic rings. The van der Waals surface area contributed by atoms with E-state index in [1.165, 1.54) is 0 Å². The maximum atomic E-state index is 11.5. The molecule has 1 amide bonds. The molecular formula is C17H22N4O2S. The molecule has 6 nitrogen and oxygen atoms in total. The molecule has 0 radical (unpaired) electrons. The van der Waals surface area contributed by atoms with Crippen LogP contribution < -0.4 is 10.5 Å². The number of methoxy groups -OCH3 is 1. The maximum Gasteiger partial charge on any atom is 0.234 e. The van der Waals surface area contributed by atoms with Gasteiger partial charge in [-0.05, 0) is 31.5 Å². The molecule has 1 saturated heterocycles. The van der Waals surface area contributed by atoms with Gasteiger partial charge in [0.25, 0.3) is 0 Å². The van der Waals surface area contributed by atoms with Gasteiger partial charge < -0.3 is 10.5 Å². The van der Waals surface area contributed by atoms with Crippen LogP contribution in [-0.4, -0.2) is 52.8 Å². The van der Waals surface area contributed by atoms with Gasteiger partial charge in [0.1, 0.15) is 10.8 Å². The predicted octanol–water partition coefficient (Wildman–Crippen LogP) is 2.07. The molecule has 128 valence electrons. The summed E-state index contributed by atoms with van der Waals surface area (Å²) in [7, 11) is 1.64. The van der Waals surface area contributed by atoms with E-state index in [-0.39, 0.29) is 11.9 Å². The predicted molar refractivity (Wildman–Crippen MR) is 95.2 cm³/mol. The fraction of sp³-hybridized carbons (Fsp3) is 0.471. The Morgan fingerprint density at radius 1 is 1.42 bits per heavy atom. The fourth-order valence-corrected chi connectivity index (χ4v) is 3.84. The average Bonchev–Trinajstić information content (AvgIpc) is 2.61. The minimum Gasteiger partial charge on any atom is -0.497 e. The van der Waals surface area contributed by atoms with Crippen LogP contribution in [0.2, 0.25) is 0 Å². The molecule has 1 atom stereocenters. The number of nitrogens with zero attached hydrogens (tertiary/aromatic N) is 3. The molecule has 24 heavy (non-hydrogen) atoms. The third kappa shape index (κ3) is 3.96. The number of carbonyl (C=O) groups excluding carboxylic acids is 1. The van der Waals surface area contributed by atoms with Gasteiger partial charge in [0.05, 0.1) is 30.4 Å². The van der Waals surface area contributed by atoms with Gasteiger partial charge in [-0.1, -0.05) is 6.42 Å². The van der Waals surface area contributed by atoms with Gasteiger partial charge in [0.2, 0.25) is 5.91 Å². The van der Waals surface area contributed by atoms with Gasteiger partial charge in [-0.15, -0.1) is 11.8 Å². The van der Waals surface area contributed by atoms with E-state index in [2.05, 4.69) is 14.9 Å². The molecule has 3 rings (SSSR count). The third-order valence-electron chi connectivity index (χ3n) is 4.30. The Balaban J connectivity index is 1.61. The van der Waals surface area contributed by atoms with Crippen LogP contribution >= 0.6 is 11.8 Å². The Morgan fingerprint density at radius 3 is 3.08 bits per heavy atom. The van der Waals surface area contributed by atoms with Crippen LogP contribution in [0, 0.1) is 0 Å². The van der Waals surface area contributed by atoms with Crippen molar-refractivity contribution in [2.24, 2.45) is 5.73 Å². The van der Waals surface area contributed by atoms with Gasteiger partial charge in [-0.2, -0.15) is 0 Å². The van der Waals surface area contributed by atoms with Crippen LogP contribution in [0.3, 0.4) is 0 Å². The highest BCUT2D eigenvalue weighted by atomic mass is 32.2. The quantitative estimate of drug-likeness (QED) is 0.807. The van der Waals surface area contributed by atoms with Gasteiger partial charge in [0.15, 0.2) is 0 Å². The minimum absolute atomic E-state index is 0.119. The molecule has 1 unspecified atom stereocenters. The molecule has 2 N–H and O–H groups in total. The summed E-state index contributed by atoms with van der Waals surface area (Å²) >= 11 is 1.65. The van der Waals surface area contributed by atoms with Crippen molar-refractivity contribution >= 4 is 28.7 Å². The lowest BCUT2D eigenvalue weighted by molar-refractivity contribution is -0.124. The Hall–Kier alpha value is -1.86. The first kappa shape index (κ1) is 17.0. The topological polar surface area (TPSA) is 81.3 Å². The van der Waals surface area contributed by atoms with Crippen molar-refractivity contribution in [1.82, 2.24) is 14.9 Å². The van der Waals surface area contributed by atoms with Crippen molar-refractivity contribution in [2.75, 3.05) is 26.0 Å². The molecule has 2 aromatic rings. The van der Waals surface area contributed by atoms with E-state index >= 15 is 0 Å². The van der Waals surface area contributed by atoms with Crippen molar-refractivity contribution in [3.8, 4) is 5.75 Å². The summed E-state index contributed by atoms with van der Waals surface area (Å²) in [5.74, 6) is 1.42. The van der Waals surface area contributed by atoms with Crippen LogP contribution in [-0.2, 0) is 4.79 Å². The summed E-state index contributed by atoms with van der Waals surface area (Å²) < 4.78 is 5.23. The van der Waals surface area contributed by atoms with Crippen LogP contribution in [0.25, 0.3) is 11.0 Å². The lowest BCUT2D eigenvalue weighted by Crippen LogP contribution is -2.48. The van der Waals surface area contributed by atoms with E-state index < -0.39 is 0 Å². The summed E-state index contributed by atoms with van der Waals surface area (Å²) in [6.07, 6.45) is 4.87. The van der Waals surface area contributed by atoms with Crippen LogP contribution in [0.5, 0.6) is 5.75 Å². The Bertz CT molecular complexity index is 725. The average molecular weight is 346 g/mol. The smallest absolute Gasteiger partial charge is 0.234 e. The number of rotatable bonds is 6. The summed E-state index contributed by atoms with van der Waals surface area (Å²) in [4.78, 5) is 22.8. The molecule has 2 heterocycles. The lowest BCUT2D eigenvalue weighted by atomic mass is 10.0. The van der Waals surface area contributed by atoms with Crippen LogP contribution in [0.15, 0.2) is 29.4 Å². The highest BCUT2D eigenvalue weighted by molar-refractivity contribution is 7.99. The molecule has 7 heteroatoms. The molecule has 0 bridgehead atoms. The van der Waals surface area contributed by atoms with E-state index in [0.717, 1.165) is 59.9 Å². The highest BCUT2D eigenvalue weighted by Gasteiger charge is 2.26. The molecular weight excluding hydrogens is 324 g/mol. The summed E-state index contributed by atoms with van der Waals surface area (Å²) in [5, 5.41) is 0.878. The standard InChI is InChI=1S/C17H22N4O2S/c1-23-12-5-6-13-14(10-12)20-16(11-19-13)24-9-8-21-7-3-2-4-15(21)17(18)22/h5-6,10-11,15H,2-4,7-9H2,1H3,(H2,18,22). The number of likely N-dealkylation sites (tertiary alicyclic amines) is 1. The number of piperidine rings is 1. The maximum absolute atomic E-state index is 11.5. The molecule has 0 spiro atoms. The van der Waals surface area contributed by atoms with E-state index in [0.29, 0.717) is 0 Å². The summed E-state index contributed by atoms with van der Waals surface area (Å²) in [6, 6.07) is 5.55. The molecule has 1 fully saturated rings. The van der Waals surface area contributed by atoms with E-state index in [1.54, 1.807) is 25.1 Å². The minimum atomic E-state index is -0.211. The number of nitrogens with two attached hydrogens (primary N) is 1. The van der Waals surface area contributed by atoms with Gasteiger partial charge >= 0.3 is 0 Å². The number of carbonyl (C=O) groups is 1. The van der Waals surface area contributed by atoms with Gasteiger partial charge in [-0.25, -0.2) is 4.98 Å². The number of amides is 1. The number of thioether (sulfide) groups is 1. The number of hydrogen-bond donors (Lipinski definition) is 1. The lowest BCUT2D eigenvalue weighted by Gasteiger charge is -2.33. The largest absolute Gasteiger partial charge is 0.497 e. The van der Waals surface area contributed by atoms with Crippen molar-refractivity contribution in [3.63, 3.8) is 0 Å². The zero-order valence-corrected chi connectivity index (χ0v) is 14.6. The third-order valence-corrected chi connectivity index (χ3v) is 5.18. The second-order valence-corrected chi connectivity index (χ2v) is 6.98. The normalized spacial score (nSPS) is 18.6. The van der Waals surface area contributed by atoms with Crippen LogP contribution in [0.1, 0.15) is 19.3 Å². The van der Waals surface area contributed by atoms with E-state index in [4.69, 9.17) is 10.5 Å². The number of fused-ring (bicyclic) bond motifs is 1. The Labute approximate surface area is 145 Å². The number of ether oxygens (including phenoxy) is 1. The summed E-state index contributed by atoms with van der Waals surface area (Å²) in [5.41, 5.74) is 7.19. The zero-order valence-electron chi connectivity index (χ0n) is 13.8. The Kier molecular flexibility index (Phi) is 5.52. The van der Waals surface area contributed by atoms with Crippen molar-refractivity contribution in [3.05, 3.63) is 24.4 Å². The van der Waals surface area contributed by atoms with E-state index in [1.807, 2.05) is 18.2 Å². The number of hydrogen-bond acceptors (Lipinski definition) is 6. The van der Waals surface area contributed by atoms with E-state index in [9.17, 15) is 4.79 Å². The molecule has 1 aromatic carbocycles. The fourth-order valence-electron chi connectivity index (χ4n) is 3.02. The Morgan fingerprint density at radius 2 is 2.29 bits per heavy atom. The number of benzene rings is 1. The zero-order chi connectivity index (χ0) is 16.9. The van der Waals surface area contributed by atoms with Gasteiger partial charge in [-0.3, -0.25) is 14.7 Å². The number of aromatic nitrogens is 2. The first-order valence-corrected chi connectivity index (χ1v) is 9.13. The number of primary amides is 1. The first-order chi connectivity index (χ1) is 11.7. The first-order valence-electron chi connectivity index (χ1n) is 8.14. The molecule has 0 aliphatic carbocycles. The van der Waals surface area contributed by atoms with Gasteiger partial charge in [0, 0.05) is 18.4 Å². The van der Waals surface area contributed by atoms with Crippen molar-refractivity contribution in [2.45, 2.75) is 30.3 Å². The molecule has 1 aliphatic heterocycles. The molecule has 1 aromatic heterocycles. The van der Waals surface area contributed by atoms with Crippen LogP contribution in [0.4, 0.5) is 0 Å². The highest BCUT2D eigenvalue weighted by Crippen LogP contribution is 2.23. The second kappa shape index (κ2) is 7.81. The monoisotopic (exact) mass is 346 g/mol. The molecule has 0 saturated carbocycles. The SMILES string of the molecule is COc1ccc2ncc(SCCN3CCCCC3C(N)=O)nc2c1. The van der Waals surface area contributed by atoms with Crippen molar-refractivity contribution in [1.29, 1.82) is 0 Å². The summed E-state index contributed by atoms with van der Waals surface area (Å²) in [6.45, 7) is 1.77. The second-order valence-electron chi connectivity index (χ2n) is 5.86.